The van der Waals surface area contributed by atoms with Gasteiger partial charge in [-0.05, 0) is 61.1 Å². The Morgan fingerprint density at radius 2 is 1.64 bits per heavy atom. The molecule has 1 aliphatic carbocycles. The first kappa shape index (κ1) is 19.4. The van der Waals surface area contributed by atoms with Crippen molar-refractivity contribution in [1.82, 2.24) is 4.90 Å². The maximum absolute atomic E-state index is 13.8. The molecule has 2 nitrogen and oxygen atoms in total. The van der Waals surface area contributed by atoms with Crippen molar-refractivity contribution in [3.63, 3.8) is 0 Å². The van der Waals surface area contributed by atoms with Gasteiger partial charge in [-0.3, -0.25) is 4.79 Å². The Kier molecular flexibility index (Phi) is 5.73. The van der Waals surface area contributed by atoms with Gasteiger partial charge in [-0.1, -0.05) is 55.1 Å². The van der Waals surface area contributed by atoms with Crippen molar-refractivity contribution in [2.75, 3.05) is 13.1 Å². The van der Waals surface area contributed by atoms with E-state index in [1.165, 1.54) is 12.1 Å². The van der Waals surface area contributed by atoms with E-state index < -0.39 is 5.41 Å². The van der Waals surface area contributed by atoms with Crippen LogP contribution in [0.5, 0.6) is 0 Å². The number of hydrogen-bond donors (Lipinski definition) is 0. The van der Waals surface area contributed by atoms with Crippen LogP contribution in [0.25, 0.3) is 0 Å². The van der Waals surface area contributed by atoms with Gasteiger partial charge in [0.05, 0.1) is 5.41 Å². The Morgan fingerprint density at radius 1 is 0.964 bits per heavy atom. The molecule has 2 fully saturated rings. The molecule has 1 aliphatic heterocycles. The van der Waals surface area contributed by atoms with Crippen molar-refractivity contribution in [2.45, 2.75) is 56.3 Å². The second-order valence-electron chi connectivity index (χ2n) is 8.29. The Bertz CT molecular complexity index is 812. The van der Waals surface area contributed by atoms with Crippen molar-refractivity contribution < 1.29 is 9.18 Å². The molecule has 148 valence electrons. The summed E-state index contributed by atoms with van der Waals surface area (Å²) in [5, 5.41) is 0.704. The topological polar surface area (TPSA) is 20.3 Å². The minimum atomic E-state index is -0.414. The zero-order valence-electron chi connectivity index (χ0n) is 16.2. The predicted molar refractivity (Wildman–Crippen MR) is 111 cm³/mol. The van der Waals surface area contributed by atoms with E-state index in [1.54, 1.807) is 0 Å². The molecule has 0 radical (unpaired) electrons. The van der Waals surface area contributed by atoms with Gasteiger partial charge in [0, 0.05) is 24.0 Å². The number of rotatable bonds is 3. The van der Waals surface area contributed by atoms with Crippen molar-refractivity contribution in [1.29, 1.82) is 0 Å². The Labute approximate surface area is 171 Å². The highest BCUT2D eigenvalue weighted by Gasteiger charge is 2.45. The molecule has 1 atom stereocenters. The number of carbonyl (C=O) groups excluding carboxylic acids is 1. The van der Waals surface area contributed by atoms with E-state index in [-0.39, 0.29) is 17.6 Å². The van der Waals surface area contributed by atoms with Crippen molar-refractivity contribution in [3.8, 4) is 0 Å². The number of nitrogens with zero attached hydrogens (tertiary/aromatic N) is 1. The van der Waals surface area contributed by atoms with Crippen LogP contribution >= 0.6 is 11.6 Å². The van der Waals surface area contributed by atoms with Gasteiger partial charge in [-0.25, -0.2) is 4.39 Å². The van der Waals surface area contributed by atoms with Crippen LogP contribution in [0, 0.1) is 5.82 Å². The molecule has 4 heteroatoms. The molecule has 2 aromatic rings. The molecule has 2 aromatic carbocycles. The van der Waals surface area contributed by atoms with Crippen molar-refractivity contribution >= 4 is 17.5 Å². The molecule has 1 heterocycles. The molecular formula is C24H27ClFNO. The lowest BCUT2D eigenvalue weighted by atomic mass is 9.77. The highest BCUT2D eigenvalue weighted by Crippen LogP contribution is 2.43. The van der Waals surface area contributed by atoms with E-state index in [0.29, 0.717) is 5.02 Å². The number of halogens is 2. The molecule has 0 aromatic heterocycles. The number of carbonyl (C=O) groups is 1. The third-order valence-electron chi connectivity index (χ3n) is 6.56. The zero-order chi connectivity index (χ0) is 19.6. The molecule has 1 saturated carbocycles. The van der Waals surface area contributed by atoms with Crippen LogP contribution in [-0.2, 0) is 10.2 Å². The second-order valence-corrected chi connectivity index (χ2v) is 8.73. The van der Waals surface area contributed by atoms with E-state index in [4.69, 9.17) is 11.6 Å². The van der Waals surface area contributed by atoms with Crippen LogP contribution in [0.15, 0.2) is 48.5 Å². The third kappa shape index (κ3) is 3.82. The molecule has 0 N–H and O–H groups in total. The van der Waals surface area contributed by atoms with Crippen LogP contribution in [0.3, 0.4) is 0 Å². The van der Waals surface area contributed by atoms with Gasteiger partial charge in [0.1, 0.15) is 5.82 Å². The molecule has 0 bridgehead atoms. The maximum Gasteiger partial charge on any atom is 0.233 e. The first-order valence-electron chi connectivity index (χ1n) is 10.4. The fourth-order valence-electron chi connectivity index (χ4n) is 5.01. The van der Waals surface area contributed by atoms with E-state index in [1.807, 2.05) is 36.4 Å². The summed E-state index contributed by atoms with van der Waals surface area (Å²) in [5.74, 6) is 0.329. The van der Waals surface area contributed by atoms with E-state index in [0.717, 1.165) is 69.2 Å². The molecule has 2 aliphatic rings. The van der Waals surface area contributed by atoms with Crippen LogP contribution < -0.4 is 0 Å². The molecular weight excluding hydrogens is 373 g/mol. The summed E-state index contributed by atoms with van der Waals surface area (Å²) in [6.45, 7) is 1.53. The summed E-state index contributed by atoms with van der Waals surface area (Å²) in [5.41, 5.74) is 1.82. The summed E-state index contributed by atoms with van der Waals surface area (Å²) in [4.78, 5) is 15.9. The fraction of sp³-hybridized carbons (Fsp3) is 0.458. The summed E-state index contributed by atoms with van der Waals surface area (Å²) < 4.78 is 13.3. The number of hydrogen-bond acceptors (Lipinski definition) is 1. The lowest BCUT2D eigenvalue weighted by Crippen LogP contribution is -2.46. The number of likely N-dealkylation sites (tertiary alicyclic amines) is 1. The van der Waals surface area contributed by atoms with Gasteiger partial charge in [-0.2, -0.15) is 0 Å². The van der Waals surface area contributed by atoms with Gasteiger partial charge in [0.25, 0.3) is 0 Å². The molecule has 1 saturated heterocycles. The summed E-state index contributed by atoms with van der Waals surface area (Å²) in [6.07, 6.45) is 7.16. The van der Waals surface area contributed by atoms with Gasteiger partial charge in [0.2, 0.25) is 5.91 Å². The minimum Gasteiger partial charge on any atom is -0.341 e. The van der Waals surface area contributed by atoms with Gasteiger partial charge < -0.3 is 4.90 Å². The average molecular weight is 400 g/mol. The molecule has 28 heavy (non-hydrogen) atoms. The van der Waals surface area contributed by atoms with Gasteiger partial charge >= 0.3 is 0 Å². The van der Waals surface area contributed by atoms with Crippen molar-refractivity contribution in [3.05, 3.63) is 70.5 Å². The Morgan fingerprint density at radius 3 is 2.32 bits per heavy atom. The van der Waals surface area contributed by atoms with E-state index in [9.17, 15) is 9.18 Å². The van der Waals surface area contributed by atoms with Gasteiger partial charge in [-0.15, -0.1) is 0 Å². The molecule has 4 rings (SSSR count). The lowest BCUT2D eigenvalue weighted by Gasteiger charge is -2.35. The maximum atomic E-state index is 13.8. The van der Waals surface area contributed by atoms with Crippen LogP contribution in [-0.4, -0.2) is 23.9 Å². The Balaban J connectivity index is 1.60. The highest BCUT2D eigenvalue weighted by atomic mass is 35.5. The molecule has 1 amide bonds. The second kappa shape index (κ2) is 8.24. The summed E-state index contributed by atoms with van der Waals surface area (Å²) in [6, 6.07) is 14.7. The highest BCUT2D eigenvalue weighted by molar-refractivity contribution is 6.30. The first-order chi connectivity index (χ1) is 13.6. The van der Waals surface area contributed by atoms with Crippen molar-refractivity contribution in [2.24, 2.45) is 0 Å². The zero-order valence-corrected chi connectivity index (χ0v) is 16.9. The number of benzene rings is 2. The smallest absolute Gasteiger partial charge is 0.233 e. The van der Waals surface area contributed by atoms with E-state index >= 15 is 0 Å². The average Bonchev–Trinajstić information content (AvgIpc) is 3.08. The number of amides is 1. The third-order valence-corrected chi connectivity index (χ3v) is 6.82. The lowest BCUT2D eigenvalue weighted by molar-refractivity contribution is -0.137. The standard InChI is InChI=1S/C24H27ClFNO/c25-21-10-8-20(9-11-21)24(14-2-3-15-24)23(28)27-16-4-1-5-19(17-27)18-6-12-22(26)13-7-18/h6-13,19H,1-5,14-17H2. The SMILES string of the molecule is O=C(N1CCCCC(c2ccc(F)cc2)C1)C1(c2ccc(Cl)cc2)CCCC1. The quantitative estimate of drug-likeness (QED) is 0.611. The summed E-state index contributed by atoms with van der Waals surface area (Å²) in [7, 11) is 0. The van der Waals surface area contributed by atoms with Crippen LogP contribution in [0.4, 0.5) is 4.39 Å². The Hall–Kier alpha value is -1.87. The minimum absolute atomic E-state index is 0.210. The van der Waals surface area contributed by atoms with Gasteiger partial charge in [0.15, 0.2) is 0 Å². The van der Waals surface area contributed by atoms with E-state index in [2.05, 4.69) is 4.90 Å². The molecule has 1 unspecified atom stereocenters. The monoisotopic (exact) mass is 399 g/mol. The first-order valence-corrected chi connectivity index (χ1v) is 10.8. The summed E-state index contributed by atoms with van der Waals surface area (Å²) >= 11 is 6.09. The predicted octanol–water partition coefficient (Wildman–Crippen LogP) is 6.09. The largest absolute Gasteiger partial charge is 0.341 e. The normalized spacial score (nSPS) is 22.1. The molecule has 0 spiro atoms. The van der Waals surface area contributed by atoms with Crippen LogP contribution in [0.1, 0.15) is 62.0 Å². The van der Waals surface area contributed by atoms with Crippen LogP contribution in [0.2, 0.25) is 5.02 Å². The fourth-order valence-corrected chi connectivity index (χ4v) is 5.14.